The average molecular weight is 261 g/mol. The molecule has 5 nitrogen and oxygen atoms in total. The number of rotatable bonds is 4. The molecule has 3 N–H and O–H groups in total. The van der Waals surface area contributed by atoms with Crippen LogP contribution >= 0.6 is 11.8 Å². The van der Waals surface area contributed by atoms with E-state index in [4.69, 9.17) is 5.73 Å². The fourth-order valence-corrected chi connectivity index (χ4v) is 2.30. The number of nitrogens with two attached hydrogens (primary N) is 1. The summed E-state index contributed by atoms with van der Waals surface area (Å²) in [6.07, 6.45) is 0.500. The smallest absolute Gasteiger partial charge is 0.240 e. The van der Waals surface area contributed by atoms with Gasteiger partial charge in [0.05, 0.1) is 11.9 Å². The lowest BCUT2D eigenvalue weighted by Crippen LogP contribution is -2.44. The Morgan fingerprint density at radius 2 is 2.12 bits per heavy atom. The second-order valence-electron chi connectivity index (χ2n) is 3.52. The molecule has 1 fully saturated rings. The van der Waals surface area contributed by atoms with Crippen molar-refractivity contribution in [2.75, 3.05) is 24.7 Å². The lowest BCUT2D eigenvalue weighted by atomic mass is 10.2. The highest BCUT2D eigenvalue weighted by atomic mass is 32.2. The number of amides is 2. The molecule has 0 aliphatic carbocycles. The molecule has 1 aliphatic rings. The molecule has 1 unspecified atom stereocenters. The summed E-state index contributed by atoms with van der Waals surface area (Å²) in [5, 5.41) is 2.63. The van der Waals surface area contributed by atoms with Gasteiger partial charge in [0.15, 0.2) is 0 Å². The number of hydrogen-bond donors (Lipinski definition) is 2. The van der Waals surface area contributed by atoms with Crippen LogP contribution in [-0.2, 0) is 9.59 Å². The SMILES string of the molecule is CC.CC(=O)NCCC(N)C(=O)N1CCSC1. The Bertz CT molecular complexity index is 243. The predicted molar refractivity (Wildman–Crippen MR) is 71.7 cm³/mol. The molecule has 0 aromatic carbocycles. The minimum absolute atomic E-state index is 0.00893. The molecule has 0 radical (unpaired) electrons. The zero-order chi connectivity index (χ0) is 13.3. The van der Waals surface area contributed by atoms with E-state index in [2.05, 4.69) is 5.32 Å². The second-order valence-corrected chi connectivity index (χ2v) is 4.59. The van der Waals surface area contributed by atoms with Gasteiger partial charge in [-0.1, -0.05) is 13.8 Å². The van der Waals surface area contributed by atoms with Crippen LogP contribution in [0.15, 0.2) is 0 Å². The normalized spacial score (nSPS) is 15.9. The number of carbonyl (C=O) groups is 2. The minimum atomic E-state index is -0.490. The van der Waals surface area contributed by atoms with Gasteiger partial charge in [0.2, 0.25) is 11.8 Å². The van der Waals surface area contributed by atoms with Gasteiger partial charge in [-0.15, -0.1) is 11.8 Å². The van der Waals surface area contributed by atoms with E-state index in [9.17, 15) is 9.59 Å². The van der Waals surface area contributed by atoms with Crippen LogP contribution in [0.2, 0.25) is 0 Å². The summed E-state index contributed by atoms with van der Waals surface area (Å²) >= 11 is 1.74. The van der Waals surface area contributed by atoms with E-state index in [1.54, 1.807) is 16.7 Å². The Morgan fingerprint density at radius 3 is 2.59 bits per heavy atom. The van der Waals surface area contributed by atoms with Crippen molar-refractivity contribution in [3.05, 3.63) is 0 Å². The van der Waals surface area contributed by atoms with Gasteiger partial charge in [0.25, 0.3) is 0 Å². The Hall–Kier alpha value is -0.750. The summed E-state index contributed by atoms with van der Waals surface area (Å²) in [7, 11) is 0. The molecule has 0 aromatic rings. The van der Waals surface area contributed by atoms with E-state index in [0.29, 0.717) is 13.0 Å². The van der Waals surface area contributed by atoms with Crippen LogP contribution in [0.4, 0.5) is 0 Å². The average Bonchev–Trinajstić information content (AvgIpc) is 2.83. The molecule has 1 heterocycles. The van der Waals surface area contributed by atoms with E-state index in [1.165, 1.54) is 6.92 Å². The molecular formula is C11H23N3O2S. The van der Waals surface area contributed by atoms with Gasteiger partial charge >= 0.3 is 0 Å². The monoisotopic (exact) mass is 261 g/mol. The van der Waals surface area contributed by atoms with Crippen LogP contribution < -0.4 is 11.1 Å². The lowest BCUT2D eigenvalue weighted by molar-refractivity contribution is -0.131. The first-order valence-electron chi connectivity index (χ1n) is 5.98. The maximum Gasteiger partial charge on any atom is 0.240 e. The van der Waals surface area contributed by atoms with Gasteiger partial charge in [-0.25, -0.2) is 0 Å². The summed E-state index contributed by atoms with van der Waals surface area (Å²) < 4.78 is 0. The molecule has 1 aliphatic heterocycles. The highest BCUT2D eigenvalue weighted by molar-refractivity contribution is 7.99. The van der Waals surface area contributed by atoms with Crippen molar-refractivity contribution >= 4 is 23.6 Å². The number of nitrogens with zero attached hydrogens (tertiary/aromatic N) is 1. The highest BCUT2D eigenvalue weighted by Crippen LogP contribution is 2.14. The number of thioether (sulfide) groups is 1. The Labute approximate surface area is 107 Å². The molecule has 100 valence electrons. The summed E-state index contributed by atoms with van der Waals surface area (Å²) in [5.74, 6) is 1.63. The molecular weight excluding hydrogens is 238 g/mol. The third kappa shape index (κ3) is 6.53. The van der Waals surface area contributed by atoms with Crippen LogP contribution in [0.1, 0.15) is 27.2 Å². The van der Waals surface area contributed by atoms with Gasteiger partial charge in [-0.3, -0.25) is 9.59 Å². The molecule has 0 aromatic heterocycles. The van der Waals surface area contributed by atoms with Crippen LogP contribution in [0.3, 0.4) is 0 Å². The second kappa shape index (κ2) is 9.30. The molecule has 6 heteroatoms. The standard InChI is InChI=1S/C9H17N3O2S.C2H6/c1-7(13)11-3-2-8(10)9(14)12-4-5-15-6-12;1-2/h8H,2-6,10H2,1H3,(H,11,13);1-2H3. The van der Waals surface area contributed by atoms with E-state index in [0.717, 1.165) is 18.2 Å². The predicted octanol–water partition coefficient (Wildman–Crippen LogP) is 0.399. The van der Waals surface area contributed by atoms with Crippen molar-refractivity contribution in [2.24, 2.45) is 5.73 Å². The summed E-state index contributed by atoms with van der Waals surface area (Å²) in [5.41, 5.74) is 5.73. The largest absolute Gasteiger partial charge is 0.356 e. The van der Waals surface area contributed by atoms with Crippen LogP contribution in [0, 0.1) is 0 Å². The Morgan fingerprint density at radius 1 is 1.47 bits per heavy atom. The summed E-state index contributed by atoms with van der Waals surface area (Å²) in [4.78, 5) is 24.1. The number of carbonyl (C=O) groups excluding carboxylic acids is 2. The molecule has 1 atom stereocenters. The van der Waals surface area contributed by atoms with Crippen molar-refractivity contribution in [1.29, 1.82) is 0 Å². The Kier molecular flexibility index (Phi) is 8.89. The first-order chi connectivity index (χ1) is 8.11. The zero-order valence-electron chi connectivity index (χ0n) is 10.9. The Balaban J connectivity index is 0.00000121. The van der Waals surface area contributed by atoms with E-state index in [-0.39, 0.29) is 11.8 Å². The number of hydrogen-bond acceptors (Lipinski definition) is 4. The maximum absolute atomic E-state index is 11.7. The van der Waals surface area contributed by atoms with Gasteiger partial charge < -0.3 is 16.0 Å². The van der Waals surface area contributed by atoms with E-state index >= 15 is 0 Å². The van der Waals surface area contributed by atoms with Crippen LogP contribution in [-0.4, -0.2) is 47.5 Å². The van der Waals surface area contributed by atoms with Crippen LogP contribution in [0.25, 0.3) is 0 Å². The molecule has 0 bridgehead atoms. The van der Waals surface area contributed by atoms with Crippen molar-refractivity contribution in [3.63, 3.8) is 0 Å². The first kappa shape index (κ1) is 16.2. The van der Waals surface area contributed by atoms with Gasteiger partial charge in [0.1, 0.15) is 0 Å². The fraction of sp³-hybridized carbons (Fsp3) is 0.818. The lowest BCUT2D eigenvalue weighted by Gasteiger charge is -2.19. The third-order valence-corrected chi connectivity index (χ3v) is 3.18. The molecule has 0 spiro atoms. The fourth-order valence-electron chi connectivity index (χ4n) is 1.35. The summed E-state index contributed by atoms with van der Waals surface area (Å²) in [6.45, 7) is 6.70. The van der Waals surface area contributed by atoms with Crippen molar-refractivity contribution < 1.29 is 9.59 Å². The van der Waals surface area contributed by atoms with Gasteiger partial charge in [-0.05, 0) is 6.42 Å². The molecule has 1 saturated heterocycles. The minimum Gasteiger partial charge on any atom is -0.356 e. The zero-order valence-corrected chi connectivity index (χ0v) is 11.7. The quantitative estimate of drug-likeness (QED) is 0.768. The third-order valence-electron chi connectivity index (χ3n) is 2.21. The molecule has 2 amide bonds. The van der Waals surface area contributed by atoms with Gasteiger partial charge in [-0.2, -0.15) is 0 Å². The molecule has 1 rings (SSSR count). The topological polar surface area (TPSA) is 75.4 Å². The first-order valence-corrected chi connectivity index (χ1v) is 7.13. The molecule has 0 saturated carbocycles. The van der Waals surface area contributed by atoms with Crippen molar-refractivity contribution in [2.45, 2.75) is 33.2 Å². The van der Waals surface area contributed by atoms with Crippen LogP contribution in [0.5, 0.6) is 0 Å². The van der Waals surface area contributed by atoms with Gasteiger partial charge in [0, 0.05) is 25.8 Å². The maximum atomic E-state index is 11.7. The molecule has 17 heavy (non-hydrogen) atoms. The van der Waals surface area contributed by atoms with Crippen molar-refractivity contribution in [3.8, 4) is 0 Å². The van der Waals surface area contributed by atoms with E-state index in [1.807, 2.05) is 13.8 Å². The highest BCUT2D eigenvalue weighted by Gasteiger charge is 2.23. The summed E-state index contributed by atoms with van der Waals surface area (Å²) in [6, 6.07) is -0.490. The number of nitrogens with one attached hydrogen (secondary N) is 1. The van der Waals surface area contributed by atoms with Crippen molar-refractivity contribution in [1.82, 2.24) is 10.2 Å². The van der Waals surface area contributed by atoms with E-state index < -0.39 is 6.04 Å².